The van der Waals surface area contributed by atoms with E-state index in [1.807, 2.05) is 26.1 Å². The number of benzene rings is 1. The summed E-state index contributed by atoms with van der Waals surface area (Å²) in [6, 6.07) is 5.50. The van der Waals surface area contributed by atoms with E-state index in [1.54, 1.807) is 10.4 Å². The largest absolute Gasteiger partial charge is 0.372 e. The van der Waals surface area contributed by atoms with E-state index in [4.69, 9.17) is 4.74 Å². The van der Waals surface area contributed by atoms with Crippen molar-refractivity contribution in [3.63, 3.8) is 0 Å². The second kappa shape index (κ2) is 5.68. The van der Waals surface area contributed by atoms with Crippen LogP contribution in [0.15, 0.2) is 23.1 Å². The van der Waals surface area contributed by atoms with Crippen molar-refractivity contribution < 1.29 is 13.2 Å². The fourth-order valence-electron chi connectivity index (χ4n) is 3.23. The highest BCUT2D eigenvalue weighted by atomic mass is 32.2. The molecule has 1 aromatic carbocycles. The minimum Gasteiger partial charge on any atom is -0.372 e. The molecule has 21 heavy (non-hydrogen) atoms. The van der Waals surface area contributed by atoms with Crippen LogP contribution in [-0.4, -0.2) is 45.1 Å². The Balaban J connectivity index is 1.93. The van der Waals surface area contributed by atoms with E-state index in [1.165, 1.54) is 0 Å². The van der Waals surface area contributed by atoms with E-state index in [-0.39, 0.29) is 12.2 Å². The van der Waals surface area contributed by atoms with Crippen LogP contribution >= 0.6 is 0 Å². The van der Waals surface area contributed by atoms with Gasteiger partial charge in [0.1, 0.15) is 0 Å². The van der Waals surface area contributed by atoms with Crippen LogP contribution in [-0.2, 0) is 21.3 Å². The lowest BCUT2D eigenvalue weighted by atomic mass is 10.1. The number of ether oxygens (including phenoxy) is 1. The van der Waals surface area contributed by atoms with Gasteiger partial charge in [0.05, 0.1) is 17.1 Å². The molecule has 0 saturated carbocycles. The Labute approximate surface area is 126 Å². The Hall–Kier alpha value is -0.950. The first kappa shape index (κ1) is 15.0. The molecule has 2 unspecified atom stereocenters. The van der Waals surface area contributed by atoms with Gasteiger partial charge in [-0.1, -0.05) is 12.1 Å². The van der Waals surface area contributed by atoms with E-state index < -0.39 is 10.0 Å². The molecule has 2 bridgehead atoms. The molecule has 1 aromatic rings. The van der Waals surface area contributed by atoms with Crippen LogP contribution in [0.25, 0.3) is 0 Å². The van der Waals surface area contributed by atoms with Crippen LogP contribution in [0.4, 0.5) is 0 Å². The van der Waals surface area contributed by atoms with Crippen LogP contribution in [0.2, 0.25) is 0 Å². The summed E-state index contributed by atoms with van der Waals surface area (Å²) in [5.41, 5.74) is 1.86. The summed E-state index contributed by atoms with van der Waals surface area (Å²) in [5, 5.41) is 3.08. The summed E-state index contributed by atoms with van der Waals surface area (Å²) in [6.45, 7) is 3.52. The van der Waals surface area contributed by atoms with E-state index in [0.29, 0.717) is 24.5 Å². The number of hydrogen-bond acceptors (Lipinski definition) is 4. The molecular formula is C15H22N2O3S. The van der Waals surface area contributed by atoms with Gasteiger partial charge in [-0.05, 0) is 44.0 Å². The van der Waals surface area contributed by atoms with Gasteiger partial charge in [0, 0.05) is 19.6 Å². The van der Waals surface area contributed by atoms with E-state index >= 15 is 0 Å². The lowest BCUT2D eigenvalue weighted by Crippen LogP contribution is -2.45. The number of nitrogens with zero attached hydrogens (tertiary/aromatic N) is 1. The summed E-state index contributed by atoms with van der Waals surface area (Å²) >= 11 is 0. The minimum atomic E-state index is -3.43. The molecule has 2 heterocycles. The highest BCUT2D eigenvalue weighted by Gasteiger charge is 2.39. The van der Waals surface area contributed by atoms with E-state index in [9.17, 15) is 8.42 Å². The molecule has 1 N–H and O–H groups in total. The van der Waals surface area contributed by atoms with Crippen molar-refractivity contribution in [3.8, 4) is 0 Å². The number of sulfonamides is 1. The fourth-order valence-corrected chi connectivity index (χ4v) is 5.01. The van der Waals surface area contributed by atoms with Gasteiger partial charge in [-0.15, -0.1) is 0 Å². The highest BCUT2D eigenvalue weighted by Crippen LogP contribution is 2.31. The van der Waals surface area contributed by atoms with Crippen LogP contribution < -0.4 is 5.32 Å². The minimum absolute atomic E-state index is 0.0688. The Morgan fingerprint density at radius 3 is 2.57 bits per heavy atom. The van der Waals surface area contributed by atoms with Gasteiger partial charge in [0.2, 0.25) is 10.0 Å². The van der Waals surface area contributed by atoms with E-state index in [0.717, 1.165) is 24.0 Å². The second-order valence-corrected chi connectivity index (χ2v) is 7.76. The number of morpholine rings is 1. The molecule has 0 radical (unpaired) electrons. The quantitative estimate of drug-likeness (QED) is 0.910. The molecule has 2 aliphatic rings. The molecular weight excluding hydrogens is 288 g/mol. The van der Waals surface area contributed by atoms with Crippen LogP contribution in [0.5, 0.6) is 0 Å². The average molecular weight is 310 g/mol. The van der Waals surface area contributed by atoms with Gasteiger partial charge in [0.15, 0.2) is 0 Å². The maximum atomic E-state index is 12.9. The Kier molecular flexibility index (Phi) is 4.05. The molecule has 3 rings (SSSR count). The first-order chi connectivity index (χ1) is 10.0. The lowest BCUT2D eigenvalue weighted by Gasteiger charge is -2.31. The summed E-state index contributed by atoms with van der Waals surface area (Å²) in [4.78, 5) is 0.427. The molecule has 2 aliphatic heterocycles. The molecule has 0 amide bonds. The predicted octanol–water partition coefficient (Wildman–Crippen LogP) is 1.27. The number of nitrogens with one attached hydrogen (secondary N) is 1. The molecule has 0 aliphatic carbocycles. The summed E-state index contributed by atoms with van der Waals surface area (Å²) in [5.74, 6) is 0. The first-order valence-corrected chi connectivity index (χ1v) is 8.85. The molecule has 2 saturated heterocycles. The highest BCUT2D eigenvalue weighted by molar-refractivity contribution is 7.89. The van der Waals surface area contributed by atoms with Crippen molar-refractivity contribution in [1.82, 2.24) is 9.62 Å². The monoisotopic (exact) mass is 310 g/mol. The topological polar surface area (TPSA) is 58.6 Å². The maximum Gasteiger partial charge on any atom is 0.243 e. The standard InChI is InChI=1S/C15H22N2O3S/c1-11-12(8-16-2)4-3-5-15(11)21(18,19)17-9-13-6-7-14(10-17)20-13/h3-5,13-14,16H,6-10H2,1-2H3. The van der Waals surface area contributed by atoms with Gasteiger partial charge in [-0.2, -0.15) is 4.31 Å². The van der Waals surface area contributed by atoms with Gasteiger partial charge in [-0.3, -0.25) is 0 Å². The molecule has 0 spiro atoms. The van der Waals surface area contributed by atoms with Crippen LogP contribution in [0, 0.1) is 6.92 Å². The summed E-state index contributed by atoms with van der Waals surface area (Å²) in [7, 11) is -1.57. The third kappa shape index (κ3) is 2.73. The Morgan fingerprint density at radius 1 is 1.29 bits per heavy atom. The normalized spacial score (nSPS) is 26.2. The van der Waals surface area contributed by atoms with E-state index in [2.05, 4.69) is 5.32 Å². The number of rotatable bonds is 4. The van der Waals surface area contributed by atoms with Crippen LogP contribution in [0.1, 0.15) is 24.0 Å². The van der Waals surface area contributed by atoms with Gasteiger partial charge >= 0.3 is 0 Å². The summed E-state index contributed by atoms with van der Waals surface area (Å²) in [6.07, 6.45) is 2.07. The average Bonchev–Trinajstić information content (AvgIpc) is 2.79. The van der Waals surface area contributed by atoms with Crippen molar-refractivity contribution in [2.75, 3.05) is 20.1 Å². The third-order valence-electron chi connectivity index (χ3n) is 4.39. The van der Waals surface area contributed by atoms with Crippen molar-refractivity contribution in [1.29, 1.82) is 0 Å². The molecule has 116 valence electrons. The Morgan fingerprint density at radius 2 is 1.95 bits per heavy atom. The third-order valence-corrected chi connectivity index (χ3v) is 6.37. The zero-order valence-electron chi connectivity index (χ0n) is 12.5. The maximum absolute atomic E-state index is 12.9. The molecule has 6 heteroatoms. The van der Waals surface area contributed by atoms with Gasteiger partial charge in [-0.25, -0.2) is 8.42 Å². The van der Waals surface area contributed by atoms with Crippen molar-refractivity contribution in [3.05, 3.63) is 29.3 Å². The molecule has 0 aromatic heterocycles. The number of hydrogen-bond donors (Lipinski definition) is 1. The molecule has 2 atom stereocenters. The fraction of sp³-hybridized carbons (Fsp3) is 0.600. The van der Waals surface area contributed by atoms with Gasteiger partial charge in [0.25, 0.3) is 0 Å². The smallest absolute Gasteiger partial charge is 0.243 e. The van der Waals surface area contributed by atoms with Crippen molar-refractivity contribution in [2.24, 2.45) is 0 Å². The van der Waals surface area contributed by atoms with Crippen LogP contribution in [0.3, 0.4) is 0 Å². The lowest BCUT2D eigenvalue weighted by molar-refractivity contribution is -0.0114. The molecule has 5 nitrogen and oxygen atoms in total. The second-order valence-electron chi connectivity index (χ2n) is 5.85. The molecule has 2 fully saturated rings. The predicted molar refractivity (Wildman–Crippen MR) is 80.6 cm³/mol. The zero-order valence-corrected chi connectivity index (χ0v) is 13.3. The SMILES string of the molecule is CNCc1cccc(S(=O)(=O)N2CC3CCC(C2)O3)c1C. The van der Waals surface area contributed by atoms with Gasteiger partial charge < -0.3 is 10.1 Å². The summed E-state index contributed by atoms with van der Waals surface area (Å²) < 4.78 is 33.2. The number of fused-ring (bicyclic) bond motifs is 2. The van der Waals surface area contributed by atoms with Crippen molar-refractivity contribution >= 4 is 10.0 Å². The Bertz CT molecular complexity index is 618. The first-order valence-electron chi connectivity index (χ1n) is 7.41. The van der Waals surface area contributed by atoms with Crippen molar-refractivity contribution in [2.45, 2.75) is 43.4 Å². The zero-order chi connectivity index (χ0) is 15.0.